The molecule has 0 aliphatic rings. The van der Waals surface area contributed by atoms with Gasteiger partial charge in [-0.05, 0) is 28.3 Å². The van der Waals surface area contributed by atoms with E-state index >= 15 is 0 Å². The molecule has 0 saturated heterocycles. The summed E-state index contributed by atoms with van der Waals surface area (Å²) in [6.45, 7) is 15.6. The molecule has 31 heavy (non-hydrogen) atoms. The molecule has 0 fully saturated rings. The molecule has 2 rings (SSSR count). The number of methoxy groups -OCH3 is 1. The van der Waals surface area contributed by atoms with Gasteiger partial charge in [-0.1, -0.05) is 93.6 Å². The monoisotopic (exact) mass is 438 g/mol. The molecule has 4 heteroatoms. The number of rotatable bonds is 13. The molecule has 0 aromatic heterocycles. The Bertz CT molecular complexity index is 744. The van der Waals surface area contributed by atoms with E-state index < -0.39 is 8.32 Å². The van der Waals surface area contributed by atoms with Crippen LogP contribution in [0.15, 0.2) is 86.0 Å². The molecule has 2 aromatic carbocycles. The van der Waals surface area contributed by atoms with Gasteiger partial charge in [0.2, 0.25) is 0 Å². The molecule has 0 heterocycles. The lowest BCUT2D eigenvalue weighted by atomic mass is 10.1. The van der Waals surface area contributed by atoms with Gasteiger partial charge >= 0.3 is 0 Å². The van der Waals surface area contributed by atoms with Gasteiger partial charge in [0, 0.05) is 13.7 Å². The molecule has 2 atom stereocenters. The predicted molar refractivity (Wildman–Crippen MR) is 134 cm³/mol. The van der Waals surface area contributed by atoms with Gasteiger partial charge in [0.15, 0.2) is 0 Å². The summed E-state index contributed by atoms with van der Waals surface area (Å²) in [7, 11) is -0.824. The highest BCUT2D eigenvalue weighted by molar-refractivity contribution is 6.99. The summed E-state index contributed by atoms with van der Waals surface area (Å²) in [6.07, 6.45) is 4.99. The standard InChI is InChI=1S/C27H38O3Si/c1-7-15-25(28-6)26(29-21-8-2)20-22-30-31(27(3,4)5,23-16-11-9-12-17-23)24-18-13-10-14-19-24/h7-14,16-19,25-26H,1-2,15,20-22H2,3-6H3/t25-,26+/m0/s1. The number of hydrogen-bond acceptors (Lipinski definition) is 3. The second kappa shape index (κ2) is 12.2. The maximum Gasteiger partial charge on any atom is 0.261 e. The summed E-state index contributed by atoms with van der Waals surface area (Å²) in [6, 6.07) is 21.4. The largest absolute Gasteiger partial charge is 0.407 e. The Morgan fingerprint density at radius 2 is 1.42 bits per heavy atom. The molecule has 168 valence electrons. The third-order valence-electron chi connectivity index (χ3n) is 5.68. The van der Waals surface area contributed by atoms with Crippen molar-refractivity contribution in [2.75, 3.05) is 20.3 Å². The van der Waals surface area contributed by atoms with Crippen LogP contribution in [-0.4, -0.2) is 40.8 Å². The molecule has 0 spiro atoms. The van der Waals surface area contributed by atoms with Crippen LogP contribution in [0.2, 0.25) is 5.04 Å². The van der Waals surface area contributed by atoms with E-state index in [1.165, 1.54) is 10.4 Å². The fraction of sp³-hybridized carbons (Fsp3) is 0.407. The van der Waals surface area contributed by atoms with Crippen molar-refractivity contribution in [2.24, 2.45) is 0 Å². The Morgan fingerprint density at radius 3 is 1.84 bits per heavy atom. The quantitative estimate of drug-likeness (QED) is 0.321. The number of hydrogen-bond donors (Lipinski definition) is 0. The van der Waals surface area contributed by atoms with Crippen molar-refractivity contribution in [1.29, 1.82) is 0 Å². The van der Waals surface area contributed by atoms with E-state index in [1.807, 2.05) is 6.08 Å². The lowest BCUT2D eigenvalue weighted by Gasteiger charge is -2.43. The fourth-order valence-corrected chi connectivity index (χ4v) is 8.80. The Hall–Kier alpha value is -1.98. The summed E-state index contributed by atoms with van der Waals surface area (Å²) in [5.41, 5.74) is 0. The molecule has 3 nitrogen and oxygen atoms in total. The van der Waals surface area contributed by atoms with Gasteiger partial charge in [-0.15, -0.1) is 13.2 Å². The first-order chi connectivity index (χ1) is 14.9. The first-order valence-corrected chi connectivity index (χ1v) is 12.9. The Balaban J connectivity index is 2.37. The van der Waals surface area contributed by atoms with E-state index in [0.29, 0.717) is 13.2 Å². The molecule has 0 unspecified atom stereocenters. The third-order valence-corrected chi connectivity index (χ3v) is 10.7. The minimum absolute atomic E-state index is 0.0467. The van der Waals surface area contributed by atoms with Gasteiger partial charge in [0.1, 0.15) is 0 Å². The average Bonchev–Trinajstić information content (AvgIpc) is 2.78. The molecule has 0 radical (unpaired) electrons. The van der Waals surface area contributed by atoms with Crippen molar-refractivity contribution in [2.45, 2.75) is 50.9 Å². The van der Waals surface area contributed by atoms with Crippen LogP contribution in [0.5, 0.6) is 0 Å². The SMILES string of the molecule is C=CCO[C@H](CCO[Si](c1ccccc1)(c1ccccc1)C(C)(C)C)[C@H](CC=C)OC. The third kappa shape index (κ3) is 6.27. The molecule has 0 saturated carbocycles. The van der Waals surface area contributed by atoms with Crippen LogP contribution in [0.3, 0.4) is 0 Å². The van der Waals surface area contributed by atoms with Crippen LogP contribution in [0, 0.1) is 0 Å². The zero-order valence-corrected chi connectivity index (χ0v) is 20.6. The fourth-order valence-electron chi connectivity index (χ4n) is 4.22. The van der Waals surface area contributed by atoms with E-state index in [9.17, 15) is 0 Å². The average molecular weight is 439 g/mol. The Kier molecular flexibility index (Phi) is 9.91. The van der Waals surface area contributed by atoms with Crippen molar-refractivity contribution in [3.05, 3.63) is 86.0 Å². The first-order valence-electron chi connectivity index (χ1n) is 11.0. The van der Waals surface area contributed by atoms with Crippen LogP contribution in [0.25, 0.3) is 0 Å². The molecule has 0 aliphatic carbocycles. The molecular formula is C27H38O3Si. The van der Waals surface area contributed by atoms with E-state index in [0.717, 1.165) is 12.8 Å². The maximum atomic E-state index is 7.00. The lowest BCUT2D eigenvalue weighted by molar-refractivity contribution is -0.0543. The summed E-state index contributed by atoms with van der Waals surface area (Å²) in [5.74, 6) is 0. The maximum absolute atomic E-state index is 7.00. The van der Waals surface area contributed by atoms with Gasteiger partial charge in [-0.3, -0.25) is 0 Å². The van der Waals surface area contributed by atoms with Gasteiger partial charge in [-0.25, -0.2) is 0 Å². The topological polar surface area (TPSA) is 27.7 Å². The van der Waals surface area contributed by atoms with E-state index in [2.05, 4.69) is 94.6 Å². The highest BCUT2D eigenvalue weighted by atomic mass is 28.4. The predicted octanol–water partition coefficient (Wildman–Crippen LogP) is 5.12. The van der Waals surface area contributed by atoms with Crippen molar-refractivity contribution in [3.8, 4) is 0 Å². The molecule has 0 amide bonds. The Morgan fingerprint density at radius 1 is 0.871 bits per heavy atom. The smallest absolute Gasteiger partial charge is 0.261 e. The summed E-state index contributed by atoms with van der Waals surface area (Å²) in [5, 5.41) is 2.52. The zero-order chi connectivity index (χ0) is 22.7. The zero-order valence-electron chi connectivity index (χ0n) is 19.6. The minimum atomic E-state index is -2.55. The second-order valence-corrected chi connectivity index (χ2v) is 13.1. The molecule has 0 bridgehead atoms. The summed E-state index contributed by atoms with van der Waals surface area (Å²) >= 11 is 0. The van der Waals surface area contributed by atoms with Crippen LogP contribution < -0.4 is 10.4 Å². The van der Waals surface area contributed by atoms with Crippen LogP contribution >= 0.6 is 0 Å². The van der Waals surface area contributed by atoms with Crippen LogP contribution in [0.1, 0.15) is 33.6 Å². The minimum Gasteiger partial charge on any atom is -0.407 e. The normalized spacial score (nSPS) is 14.1. The summed E-state index contributed by atoms with van der Waals surface area (Å²) < 4.78 is 18.7. The number of benzene rings is 2. The summed E-state index contributed by atoms with van der Waals surface area (Å²) in [4.78, 5) is 0. The van der Waals surface area contributed by atoms with Crippen LogP contribution in [0.4, 0.5) is 0 Å². The van der Waals surface area contributed by atoms with E-state index in [-0.39, 0.29) is 17.2 Å². The second-order valence-electron chi connectivity index (χ2n) is 8.76. The molecule has 2 aromatic rings. The van der Waals surface area contributed by atoms with Gasteiger partial charge in [0.25, 0.3) is 8.32 Å². The Labute approximate surface area is 189 Å². The first kappa shape index (κ1) is 25.3. The van der Waals surface area contributed by atoms with Gasteiger partial charge < -0.3 is 13.9 Å². The van der Waals surface area contributed by atoms with Crippen molar-refractivity contribution >= 4 is 18.7 Å². The van der Waals surface area contributed by atoms with Crippen molar-refractivity contribution in [3.63, 3.8) is 0 Å². The lowest BCUT2D eigenvalue weighted by Crippen LogP contribution is -2.66. The number of ether oxygens (including phenoxy) is 2. The van der Waals surface area contributed by atoms with Gasteiger partial charge in [0.05, 0.1) is 18.8 Å². The molecule has 0 N–H and O–H groups in total. The van der Waals surface area contributed by atoms with Crippen molar-refractivity contribution in [1.82, 2.24) is 0 Å². The van der Waals surface area contributed by atoms with E-state index in [4.69, 9.17) is 13.9 Å². The van der Waals surface area contributed by atoms with Crippen LogP contribution in [-0.2, 0) is 13.9 Å². The van der Waals surface area contributed by atoms with Crippen molar-refractivity contribution < 1.29 is 13.9 Å². The highest BCUT2D eigenvalue weighted by Crippen LogP contribution is 2.37. The van der Waals surface area contributed by atoms with E-state index in [1.54, 1.807) is 13.2 Å². The molecular weight excluding hydrogens is 400 g/mol. The molecule has 0 aliphatic heterocycles. The van der Waals surface area contributed by atoms with Gasteiger partial charge in [-0.2, -0.15) is 0 Å². The highest BCUT2D eigenvalue weighted by Gasteiger charge is 2.50.